The highest BCUT2D eigenvalue weighted by molar-refractivity contribution is 6.35. The van der Waals surface area contributed by atoms with Gasteiger partial charge < -0.3 is 4.98 Å². The number of hydrogen-bond donors (Lipinski definition) is 1. The van der Waals surface area contributed by atoms with Crippen molar-refractivity contribution in [3.63, 3.8) is 0 Å². The highest BCUT2D eigenvalue weighted by Gasteiger charge is 2.01. The summed E-state index contributed by atoms with van der Waals surface area (Å²) in [7, 11) is 0. The first-order chi connectivity index (χ1) is 6.84. The van der Waals surface area contributed by atoms with Crippen LogP contribution in [0, 0.1) is 0 Å². The van der Waals surface area contributed by atoms with Gasteiger partial charge in [0.05, 0.1) is 17.4 Å². The molecule has 0 atom stereocenters. The van der Waals surface area contributed by atoms with Crippen LogP contribution in [-0.4, -0.2) is 9.97 Å². The van der Waals surface area contributed by atoms with E-state index in [1.165, 1.54) is 0 Å². The number of imidazole rings is 1. The number of aromatic nitrogens is 2. The Hall–Kier alpha value is -1.54. The Morgan fingerprint density at radius 3 is 3.07 bits per heavy atom. The van der Waals surface area contributed by atoms with Gasteiger partial charge in [-0.05, 0) is 23.6 Å². The Bertz CT molecular complexity index is 613. The van der Waals surface area contributed by atoms with E-state index < -0.39 is 0 Å². The number of H-pyrrole nitrogens is 1. The van der Waals surface area contributed by atoms with Crippen molar-refractivity contribution >= 4 is 33.4 Å². The van der Waals surface area contributed by atoms with Gasteiger partial charge in [0.25, 0.3) is 0 Å². The summed E-state index contributed by atoms with van der Waals surface area (Å²) in [6, 6.07) is 9.95. The van der Waals surface area contributed by atoms with Gasteiger partial charge in [0.15, 0.2) is 0 Å². The average Bonchev–Trinajstić information content (AvgIpc) is 2.62. The second-order valence-corrected chi connectivity index (χ2v) is 3.64. The third-order valence-electron chi connectivity index (χ3n) is 2.37. The van der Waals surface area contributed by atoms with Crippen molar-refractivity contribution in [2.45, 2.75) is 0 Å². The molecule has 0 aliphatic rings. The average molecular weight is 203 g/mol. The third kappa shape index (κ3) is 1.01. The molecule has 0 spiro atoms. The molecule has 0 aliphatic carbocycles. The maximum atomic E-state index is 6.09. The van der Waals surface area contributed by atoms with Crippen LogP contribution in [0.15, 0.2) is 36.7 Å². The van der Waals surface area contributed by atoms with E-state index in [1.54, 1.807) is 6.33 Å². The van der Waals surface area contributed by atoms with E-state index >= 15 is 0 Å². The molecule has 2 nitrogen and oxygen atoms in total. The number of fused-ring (bicyclic) bond motifs is 2. The van der Waals surface area contributed by atoms with E-state index in [-0.39, 0.29) is 0 Å². The van der Waals surface area contributed by atoms with Gasteiger partial charge in [0.1, 0.15) is 0 Å². The summed E-state index contributed by atoms with van der Waals surface area (Å²) < 4.78 is 0. The smallest absolute Gasteiger partial charge is 0.0931 e. The molecule has 0 unspecified atom stereocenters. The second kappa shape index (κ2) is 2.72. The first-order valence-corrected chi connectivity index (χ1v) is 4.74. The maximum absolute atomic E-state index is 6.09. The molecule has 1 heterocycles. The Morgan fingerprint density at radius 2 is 2.14 bits per heavy atom. The van der Waals surface area contributed by atoms with Crippen molar-refractivity contribution in [1.29, 1.82) is 0 Å². The third-order valence-corrected chi connectivity index (χ3v) is 2.70. The summed E-state index contributed by atoms with van der Waals surface area (Å²) in [4.78, 5) is 7.27. The molecule has 0 aliphatic heterocycles. The lowest BCUT2D eigenvalue weighted by Crippen LogP contribution is -1.75. The molecule has 2 aromatic carbocycles. The molecule has 1 aromatic heterocycles. The number of nitrogens with zero attached hydrogens (tertiary/aromatic N) is 1. The molecule has 0 saturated heterocycles. The quantitative estimate of drug-likeness (QED) is 0.595. The first-order valence-electron chi connectivity index (χ1n) is 4.36. The molecular formula is C11H7ClN2. The molecule has 0 fully saturated rings. The van der Waals surface area contributed by atoms with E-state index in [9.17, 15) is 0 Å². The zero-order chi connectivity index (χ0) is 9.54. The number of halogens is 1. The zero-order valence-corrected chi connectivity index (χ0v) is 8.05. The molecule has 0 bridgehead atoms. The summed E-state index contributed by atoms with van der Waals surface area (Å²) in [5, 5.41) is 2.95. The van der Waals surface area contributed by atoms with Crippen molar-refractivity contribution < 1.29 is 0 Å². The molecule has 1 N–H and O–H groups in total. The molecular weight excluding hydrogens is 196 g/mol. The van der Waals surface area contributed by atoms with Crippen LogP contribution < -0.4 is 0 Å². The maximum Gasteiger partial charge on any atom is 0.0931 e. The molecule has 3 rings (SSSR count). The Labute approximate surface area is 85.5 Å². The number of benzene rings is 2. The summed E-state index contributed by atoms with van der Waals surface area (Å²) in [6.07, 6.45) is 1.69. The molecule has 0 saturated carbocycles. The normalized spacial score (nSPS) is 11.2. The van der Waals surface area contributed by atoms with Gasteiger partial charge in [0, 0.05) is 10.4 Å². The van der Waals surface area contributed by atoms with Gasteiger partial charge in [-0.1, -0.05) is 23.7 Å². The van der Waals surface area contributed by atoms with E-state index in [0.717, 1.165) is 26.8 Å². The number of hydrogen-bond acceptors (Lipinski definition) is 1. The lowest BCUT2D eigenvalue weighted by atomic mass is 10.1. The fraction of sp³-hybridized carbons (Fsp3) is 0. The van der Waals surface area contributed by atoms with E-state index in [1.807, 2.05) is 24.3 Å². The zero-order valence-electron chi connectivity index (χ0n) is 7.29. The molecule has 3 aromatic rings. The van der Waals surface area contributed by atoms with Crippen molar-refractivity contribution in [3.05, 3.63) is 41.7 Å². The van der Waals surface area contributed by atoms with Crippen LogP contribution in [0.5, 0.6) is 0 Å². The predicted molar refractivity (Wildman–Crippen MR) is 58.6 cm³/mol. The van der Waals surface area contributed by atoms with Crippen molar-refractivity contribution in [1.82, 2.24) is 9.97 Å². The van der Waals surface area contributed by atoms with Gasteiger partial charge in [-0.2, -0.15) is 0 Å². The van der Waals surface area contributed by atoms with Gasteiger partial charge >= 0.3 is 0 Å². The molecule has 3 heteroatoms. The van der Waals surface area contributed by atoms with Crippen LogP contribution in [0.1, 0.15) is 0 Å². The van der Waals surface area contributed by atoms with E-state index in [4.69, 9.17) is 11.6 Å². The van der Waals surface area contributed by atoms with Gasteiger partial charge in [-0.25, -0.2) is 4.98 Å². The number of rotatable bonds is 0. The predicted octanol–water partition coefficient (Wildman–Crippen LogP) is 3.37. The monoisotopic (exact) mass is 202 g/mol. The summed E-state index contributed by atoms with van der Waals surface area (Å²) in [5.41, 5.74) is 1.99. The van der Waals surface area contributed by atoms with Gasteiger partial charge in [-0.3, -0.25) is 0 Å². The van der Waals surface area contributed by atoms with Crippen LogP contribution >= 0.6 is 11.6 Å². The minimum atomic E-state index is 0.771. The summed E-state index contributed by atoms with van der Waals surface area (Å²) >= 11 is 6.09. The molecule has 14 heavy (non-hydrogen) atoms. The standard InChI is InChI=1S/C11H7ClN2/c12-9-3-1-2-7-4-10-11(5-8(7)9)14-6-13-10/h1-6H,(H,13,14). The van der Waals surface area contributed by atoms with Gasteiger partial charge in [0.2, 0.25) is 0 Å². The van der Waals surface area contributed by atoms with Crippen molar-refractivity contribution in [2.75, 3.05) is 0 Å². The number of nitrogens with one attached hydrogen (secondary N) is 1. The van der Waals surface area contributed by atoms with Crippen LogP contribution in [0.2, 0.25) is 5.02 Å². The van der Waals surface area contributed by atoms with Crippen LogP contribution in [-0.2, 0) is 0 Å². The topological polar surface area (TPSA) is 28.7 Å². The summed E-state index contributed by atoms with van der Waals surface area (Å²) in [6.45, 7) is 0. The Kier molecular flexibility index (Phi) is 1.52. The lowest BCUT2D eigenvalue weighted by Gasteiger charge is -1.99. The Morgan fingerprint density at radius 1 is 1.21 bits per heavy atom. The second-order valence-electron chi connectivity index (χ2n) is 3.23. The largest absolute Gasteiger partial charge is 0.345 e. The van der Waals surface area contributed by atoms with E-state index in [2.05, 4.69) is 16.0 Å². The fourth-order valence-corrected chi connectivity index (χ4v) is 1.91. The van der Waals surface area contributed by atoms with Gasteiger partial charge in [-0.15, -0.1) is 0 Å². The minimum absolute atomic E-state index is 0.771. The first kappa shape index (κ1) is 7.83. The van der Waals surface area contributed by atoms with Crippen LogP contribution in [0.3, 0.4) is 0 Å². The fourth-order valence-electron chi connectivity index (χ4n) is 1.67. The highest BCUT2D eigenvalue weighted by atomic mass is 35.5. The highest BCUT2D eigenvalue weighted by Crippen LogP contribution is 2.26. The van der Waals surface area contributed by atoms with Crippen molar-refractivity contribution in [2.24, 2.45) is 0 Å². The lowest BCUT2D eigenvalue weighted by molar-refractivity contribution is 1.34. The summed E-state index contributed by atoms with van der Waals surface area (Å²) in [5.74, 6) is 0. The SMILES string of the molecule is Clc1cccc2cc3[nH]cnc3cc12. The van der Waals surface area contributed by atoms with E-state index in [0.29, 0.717) is 0 Å². The molecule has 0 radical (unpaired) electrons. The molecule has 0 amide bonds. The Balaban J connectivity index is 2.57. The van der Waals surface area contributed by atoms with Crippen LogP contribution in [0.4, 0.5) is 0 Å². The minimum Gasteiger partial charge on any atom is -0.345 e. The number of aromatic amines is 1. The van der Waals surface area contributed by atoms with Crippen LogP contribution in [0.25, 0.3) is 21.8 Å². The van der Waals surface area contributed by atoms with Crippen molar-refractivity contribution in [3.8, 4) is 0 Å². The molecule has 68 valence electrons.